The lowest BCUT2D eigenvalue weighted by atomic mass is 10.2. The van der Waals surface area contributed by atoms with Crippen LogP contribution in [0.2, 0.25) is 0 Å². The second-order valence-corrected chi connectivity index (χ2v) is 3.79. The number of nitrogens with one attached hydrogen (secondary N) is 1. The van der Waals surface area contributed by atoms with Crippen LogP contribution in [-0.4, -0.2) is 15.7 Å². The molecule has 6 nitrogen and oxygen atoms in total. The molecule has 0 saturated heterocycles. The summed E-state index contributed by atoms with van der Waals surface area (Å²) in [5.41, 5.74) is 3.01. The topological polar surface area (TPSA) is 90.0 Å². The van der Waals surface area contributed by atoms with Gasteiger partial charge in [0.15, 0.2) is 5.69 Å². The molecule has 2 rings (SSSR count). The van der Waals surface area contributed by atoms with Gasteiger partial charge in [-0.25, -0.2) is 10.5 Å². The molecule has 1 amide bonds. The summed E-state index contributed by atoms with van der Waals surface area (Å²) in [4.78, 5) is 22.9. The summed E-state index contributed by atoms with van der Waals surface area (Å²) in [7, 11) is 0. The quantitative estimate of drug-likeness (QED) is 0.447. The van der Waals surface area contributed by atoms with Crippen molar-refractivity contribution in [2.75, 3.05) is 0 Å². The Hall–Kier alpha value is -2.47. The van der Waals surface area contributed by atoms with Crippen LogP contribution < -0.4 is 16.7 Å². The van der Waals surface area contributed by atoms with E-state index in [1.165, 1.54) is 16.9 Å². The number of hydrogen-bond acceptors (Lipinski definition) is 4. The fourth-order valence-electron chi connectivity index (χ4n) is 1.55. The third kappa shape index (κ3) is 2.28. The molecule has 0 aliphatic heterocycles. The Morgan fingerprint density at radius 1 is 1.39 bits per heavy atom. The maximum Gasteiger partial charge on any atom is 0.289 e. The van der Waals surface area contributed by atoms with Gasteiger partial charge in [0.1, 0.15) is 0 Å². The number of nitrogen functional groups attached to an aromatic ring is 1. The van der Waals surface area contributed by atoms with Crippen LogP contribution in [0.25, 0.3) is 5.69 Å². The van der Waals surface area contributed by atoms with Gasteiger partial charge in [-0.05, 0) is 24.6 Å². The first-order valence-electron chi connectivity index (χ1n) is 5.30. The predicted octanol–water partition coefficient (Wildman–Crippen LogP) is 0.144. The molecule has 0 atom stereocenters. The van der Waals surface area contributed by atoms with Gasteiger partial charge in [-0.1, -0.05) is 12.1 Å². The highest BCUT2D eigenvalue weighted by atomic mass is 16.2. The minimum Gasteiger partial charge on any atom is -0.289 e. The van der Waals surface area contributed by atoms with Gasteiger partial charge in [0.2, 0.25) is 5.43 Å². The summed E-state index contributed by atoms with van der Waals surface area (Å²) in [6.07, 6.45) is 1.50. The second kappa shape index (κ2) is 4.80. The van der Waals surface area contributed by atoms with Crippen LogP contribution in [0.1, 0.15) is 16.1 Å². The van der Waals surface area contributed by atoms with E-state index in [2.05, 4.69) is 5.10 Å². The van der Waals surface area contributed by atoms with Crippen LogP contribution in [0, 0.1) is 6.92 Å². The molecule has 2 aromatic rings. The average molecular weight is 244 g/mol. The number of aryl methyl sites for hydroxylation is 1. The molecule has 6 heteroatoms. The molecule has 0 spiro atoms. The lowest BCUT2D eigenvalue weighted by Crippen LogP contribution is -2.35. The Morgan fingerprint density at radius 3 is 2.83 bits per heavy atom. The van der Waals surface area contributed by atoms with Crippen molar-refractivity contribution in [2.24, 2.45) is 5.84 Å². The van der Waals surface area contributed by atoms with E-state index in [9.17, 15) is 9.59 Å². The van der Waals surface area contributed by atoms with E-state index < -0.39 is 11.3 Å². The molecule has 18 heavy (non-hydrogen) atoms. The Balaban J connectivity index is 2.54. The highest BCUT2D eigenvalue weighted by Crippen LogP contribution is 2.07. The van der Waals surface area contributed by atoms with Gasteiger partial charge >= 0.3 is 0 Å². The van der Waals surface area contributed by atoms with Gasteiger partial charge in [-0.3, -0.25) is 15.0 Å². The molecule has 92 valence electrons. The number of nitrogens with two attached hydrogens (primary N) is 1. The summed E-state index contributed by atoms with van der Waals surface area (Å²) < 4.78 is 1.46. The van der Waals surface area contributed by atoms with Crippen LogP contribution in [0.5, 0.6) is 0 Å². The SMILES string of the molecule is Cc1cccc(-n2ccc(=O)c(C(=O)NN)n2)c1. The first kappa shape index (κ1) is 12.0. The van der Waals surface area contributed by atoms with Crippen molar-refractivity contribution < 1.29 is 4.79 Å². The fraction of sp³-hybridized carbons (Fsp3) is 0.0833. The Kier molecular flexibility index (Phi) is 3.20. The van der Waals surface area contributed by atoms with Crippen molar-refractivity contribution >= 4 is 5.91 Å². The summed E-state index contributed by atoms with van der Waals surface area (Å²) in [5, 5.41) is 3.97. The van der Waals surface area contributed by atoms with E-state index in [-0.39, 0.29) is 5.69 Å². The zero-order chi connectivity index (χ0) is 13.1. The van der Waals surface area contributed by atoms with E-state index in [1.54, 1.807) is 0 Å². The van der Waals surface area contributed by atoms with Crippen molar-refractivity contribution in [1.82, 2.24) is 15.2 Å². The Morgan fingerprint density at radius 2 is 2.17 bits per heavy atom. The summed E-state index contributed by atoms with van der Waals surface area (Å²) in [5.74, 6) is 4.29. The van der Waals surface area contributed by atoms with Gasteiger partial charge in [0.25, 0.3) is 5.91 Å². The van der Waals surface area contributed by atoms with Gasteiger partial charge in [0, 0.05) is 12.3 Å². The largest absolute Gasteiger partial charge is 0.289 e. The van der Waals surface area contributed by atoms with E-state index in [0.29, 0.717) is 0 Å². The zero-order valence-corrected chi connectivity index (χ0v) is 9.75. The highest BCUT2D eigenvalue weighted by Gasteiger charge is 2.11. The van der Waals surface area contributed by atoms with Crippen LogP contribution >= 0.6 is 0 Å². The number of aromatic nitrogens is 2. The van der Waals surface area contributed by atoms with E-state index in [1.807, 2.05) is 36.6 Å². The maximum atomic E-state index is 11.5. The van der Waals surface area contributed by atoms with Crippen molar-refractivity contribution in [2.45, 2.75) is 6.92 Å². The lowest BCUT2D eigenvalue weighted by molar-refractivity contribution is 0.0945. The number of carbonyl (C=O) groups excluding carboxylic acids is 1. The number of hydrogen-bond donors (Lipinski definition) is 2. The van der Waals surface area contributed by atoms with Crippen molar-refractivity contribution in [1.29, 1.82) is 0 Å². The molecule has 0 aliphatic carbocycles. The van der Waals surface area contributed by atoms with Gasteiger partial charge in [-0.2, -0.15) is 5.10 Å². The summed E-state index contributed by atoms with van der Waals surface area (Å²) in [6.45, 7) is 1.94. The molecule has 3 N–H and O–H groups in total. The molecule has 0 fully saturated rings. The zero-order valence-electron chi connectivity index (χ0n) is 9.75. The van der Waals surface area contributed by atoms with Crippen LogP contribution in [0.15, 0.2) is 41.3 Å². The normalized spacial score (nSPS) is 10.1. The number of carbonyl (C=O) groups is 1. The Labute approximate surface area is 103 Å². The van der Waals surface area contributed by atoms with Crippen LogP contribution in [0.3, 0.4) is 0 Å². The van der Waals surface area contributed by atoms with Crippen molar-refractivity contribution in [3.63, 3.8) is 0 Å². The molecule has 0 radical (unpaired) electrons. The first-order valence-corrected chi connectivity index (χ1v) is 5.30. The molecule has 1 heterocycles. The standard InChI is InChI=1S/C12H12N4O2/c1-8-3-2-4-9(7-8)16-6-5-10(17)11(15-16)12(18)14-13/h2-7H,13H2,1H3,(H,14,18). The molecule has 0 saturated carbocycles. The Bertz CT molecular complexity index is 649. The van der Waals surface area contributed by atoms with Gasteiger partial charge < -0.3 is 0 Å². The summed E-state index contributed by atoms with van der Waals surface area (Å²) in [6, 6.07) is 8.81. The van der Waals surface area contributed by atoms with Gasteiger partial charge in [0.05, 0.1) is 5.69 Å². The van der Waals surface area contributed by atoms with Crippen LogP contribution in [-0.2, 0) is 0 Å². The maximum absolute atomic E-state index is 11.5. The van der Waals surface area contributed by atoms with Crippen LogP contribution in [0.4, 0.5) is 0 Å². The first-order chi connectivity index (χ1) is 8.61. The van der Waals surface area contributed by atoms with Crippen molar-refractivity contribution in [3.8, 4) is 5.69 Å². The van der Waals surface area contributed by atoms with Gasteiger partial charge in [-0.15, -0.1) is 0 Å². The van der Waals surface area contributed by atoms with E-state index in [4.69, 9.17) is 5.84 Å². The molecular formula is C12H12N4O2. The number of benzene rings is 1. The smallest absolute Gasteiger partial charge is 0.289 e. The molecule has 0 bridgehead atoms. The second-order valence-electron chi connectivity index (χ2n) is 3.79. The average Bonchev–Trinajstić information content (AvgIpc) is 2.38. The van der Waals surface area contributed by atoms with Crippen molar-refractivity contribution in [3.05, 3.63) is 58.0 Å². The minimum absolute atomic E-state index is 0.235. The third-order valence-electron chi connectivity index (χ3n) is 2.42. The molecule has 1 aromatic heterocycles. The molecule has 0 unspecified atom stereocenters. The number of rotatable bonds is 2. The lowest BCUT2D eigenvalue weighted by Gasteiger charge is -2.07. The fourth-order valence-corrected chi connectivity index (χ4v) is 1.55. The number of hydrazine groups is 1. The highest BCUT2D eigenvalue weighted by molar-refractivity contribution is 5.91. The van der Waals surface area contributed by atoms with E-state index in [0.717, 1.165) is 11.3 Å². The molecular weight excluding hydrogens is 232 g/mol. The monoisotopic (exact) mass is 244 g/mol. The number of nitrogens with zero attached hydrogens (tertiary/aromatic N) is 2. The third-order valence-corrected chi connectivity index (χ3v) is 2.42. The summed E-state index contributed by atoms with van der Waals surface area (Å²) >= 11 is 0. The molecule has 1 aromatic carbocycles. The minimum atomic E-state index is -0.706. The number of amides is 1. The molecule has 0 aliphatic rings. The predicted molar refractivity (Wildman–Crippen MR) is 66.2 cm³/mol. The van der Waals surface area contributed by atoms with E-state index >= 15 is 0 Å².